The number of alkyl halides is 3. The normalized spacial score (nSPS) is 17.3. The van der Waals surface area contributed by atoms with E-state index in [-0.39, 0.29) is 29.8 Å². The number of allylic oxidation sites excluding steroid dienone is 1. The van der Waals surface area contributed by atoms with Crippen molar-refractivity contribution in [2.45, 2.75) is 31.5 Å². The van der Waals surface area contributed by atoms with E-state index in [1.165, 1.54) is 12.1 Å². The summed E-state index contributed by atoms with van der Waals surface area (Å²) < 4.78 is 40.7. The molecule has 2 amide bonds. The molecule has 2 fully saturated rings. The summed E-state index contributed by atoms with van der Waals surface area (Å²) >= 11 is 0. The van der Waals surface area contributed by atoms with E-state index in [4.69, 9.17) is 0 Å². The number of benzene rings is 1. The second kappa shape index (κ2) is 8.01. The maximum atomic E-state index is 13.0. The molecule has 1 saturated heterocycles. The van der Waals surface area contributed by atoms with Gasteiger partial charge in [-0.25, -0.2) is 4.98 Å². The lowest BCUT2D eigenvalue weighted by atomic mass is 10.1. The molecule has 2 aliphatic rings. The smallest absolute Gasteiger partial charge is 0.367 e. The van der Waals surface area contributed by atoms with Gasteiger partial charge in [0, 0.05) is 28.9 Å². The molecule has 1 aliphatic carbocycles. The van der Waals surface area contributed by atoms with Crippen molar-refractivity contribution in [1.29, 1.82) is 0 Å². The predicted molar refractivity (Wildman–Crippen MR) is 119 cm³/mol. The largest absolute Gasteiger partial charge is 0.416 e. The van der Waals surface area contributed by atoms with Crippen LogP contribution < -0.4 is 16.0 Å². The molecule has 0 unspecified atom stereocenters. The molecule has 5 rings (SSSR count). The van der Waals surface area contributed by atoms with Crippen molar-refractivity contribution in [2.75, 3.05) is 10.6 Å². The quantitative estimate of drug-likeness (QED) is 0.526. The highest BCUT2D eigenvalue weighted by atomic mass is 19.4. The molecule has 0 radical (unpaired) electrons. The Morgan fingerprint density at radius 2 is 2.06 bits per heavy atom. The lowest BCUT2D eigenvalue weighted by Gasteiger charge is -2.12. The SMILES string of the molecule is C=C1NC(=O)C/C1=C\c1cnn2c(NC3CC3)cc(NC(=O)c3cccc(C(F)(F)F)c3)nc12. The van der Waals surface area contributed by atoms with Gasteiger partial charge in [-0.2, -0.15) is 22.8 Å². The first-order valence-corrected chi connectivity index (χ1v) is 10.5. The van der Waals surface area contributed by atoms with Gasteiger partial charge in [-0.1, -0.05) is 12.6 Å². The van der Waals surface area contributed by atoms with Crippen LogP contribution in [0.3, 0.4) is 0 Å². The van der Waals surface area contributed by atoms with Gasteiger partial charge in [-0.05, 0) is 42.7 Å². The summed E-state index contributed by atoms with van der Waals surface area (Å²) in [6, 6.07) is 6.03. The number of anilines is 2. The van der Waals surface area contributed by atoms with Crippen LogP contribution >= 0.6 is 0 Å². The van der Waals surface area contributed by atoms with Crippen molar-refractivity contribution in [3.05, 3.63) is 71.1 Å². The predicted octanol–water partition coefficient (Wildman–Crippen LogP) is 3.99. The number of halogens is 3. The van der Waals surface area contributed by atoms with Crippen LogP contribution in [0.15, 0.2) is 54.4 Å². The average Bonchev–Trinajstić information content (AvgIpc) is 3.42. The Bertz CT molecular complexity index is 1370. The van der Waals surface area contributed by atoms with Gasteiger partial charge in [0.15, 0.2) is 5.65 Å². The van der Waals surface area contributed by atoms with E-state index in [1.807, 2.05) is 0 Å². The standard InChI is InChI=1S/C23H19F3N6O2/c1-12-14(9-20(33)28-12)7-15-11-27-32-19(29-17-5-6-17)10-18(30-21(15)32)31-22(34)13-3-2-4-16(8-13)23(24,25)26/h2-4,7-8,10-11,17,29H,1,5-6,9H2,(H,28,33)(H,30,31,34)/b14-7+. The fraction of sp³-hybridized carbons (Fsp3) is 0.217. The number of carbonyl (C=O) groups excluding carboxylic acids is 2. The topological polar surface area (TPSA) is 100 Å². The van der Waals surface area contributed by atoms with Crippen molar-refractivity contribution in [3.8, 4) is 0 Å². The van der Waals surface area contributed by atoms with Crippen LogP contribution in [0.5, 0.6) is 0 Å². The Balaban J connectivity index is 1.51. The van der Waals surface area contributed by atoms with Gasteiger partial charge in [-0.3, -0.25) is 9.59 Å². The summed E-state index contributed by atoms with van der Waals surface area (Å²) in [7, 11) is 0. The van der Waals surface area contributed by atoms with Crippen LogP contribution in [0, 0.1) is 0 Å². The molecule has 0 atom stereocenters. The van der Waals surface area contributed by atoms with Crippen molar-refractivity contribution < 1.29 is 22.8 Å². The highest BCUT2D eigenvalue weighted by Crippen LogP contribution is 2.31. The first-order valence-electron chi connectivity index (χ1n) is 10.5. The molecule has 0 spiro atoms. The zero-order valence-corrected chi connectivity index (χ0v) is 17.7. The van der Waals surface area contributed by atoms with E-state index >= 15 is 0 Å². The monoisotopic (exact) mass is 468 g/mol. The van der Waals surface area contributed by atoms with Crippen LogP contribution in [-0.4, -0.2) is 32.5 Å². The fourth-order valence-corrected chi connectivity index (χ4v) is 3.61. The molecule has 11 heteroatoms. The molecule has 8 nitrogen and oxygen atoms in total. The third-order valence-electron chi connectivity index (χ3n) is 5.48. The van der Waals surface area contributed by atoms with Gasteiger partial charge < -0.3 is 16.0 Å². The average molecular weight is 468 g/mol. The summed E-state index contributed by atoms with van der Waals surface area (Å²) in [6.45, 7) is 3.83. The van der Waals surface area contributed by atoms with Gasteiger partial charge in [0.1, 0.15) is 11.6 Å². The van der Waals surface area contributed by atoms with Gasteiger partial charge in [-0.15, -0.1) is 0 Å². The molecule has 1 saturated carbocycles. The van der Waals surface area contributed by atoms with Crippen LogP contribution in [0.1, 0.15) is 40.7 Å². The number of aromatic nitrogens is 3. The van der Waals surface area contributed by atoms with E-state index in [0.29, 0.717) is 28.3 Å². The minimum atomic E-state index is -4.56. The Morgan fingerprint density at radius 1 is 1.26 bits per heavy atom. The molecule has 3 N–H and O–H groups in total. The number of hydrogen-bond acceptors (Lipinski definition) is 5. The van der Waals surface area contributed by atoms with Crippen LogP contribution in [-0.2, 0) is 11.0 Å². The Labute approximate surface area is 191 Å². The van der Waals surface area contributed by atoms with Crippen molar-refractivity contribution in [1.82, 2.24) is 19.9 Å². The molecule has 3 aromatic rings. The van der Waals surface area contributed by atoms with Crippen LogP contribution in [0.25, 0.3) is 11.7 Å². The number of carbonyl (C=O) groups is 2. The summed E-state index contributed by atoms with van der Waals surface area (Å²) in [5.74, 6) is -0.155. The maximum Gasteiger partial charge on any atom is 0.416 e. The van der Waals surface area contributed by atoms with E-state index in [0.717, 1.165) is 25.0 Å². The number of fused-ring (bicyclic) bond motifs is 1. The van der Waals surface area contributed by atoms with Crippen LogP contribution in [0.2, 0.25) is 0 Å². The van der Waals surface area contributed by atoms with Crippen molar-refractivity contribution in [2.24, 2.45) is 0 Å². The Morgan fingerprint density at radius 3 is 2.74 bits per heavy atom. The molecule has 3 heterocycles. The van der Waals surface area contributed by atoms with E-state index in [1.54, 1.807) is 22.9 Å². The summed E-state index contributed by atoms with van der Waals surface area (Å²) in [5.41, 5.74) is 1.14. The Kier molecular flexibility index (Phi) is 5.11. The lowest BCUT2D eigenvalue weighted by molar-refractivity contribution is -0.137. The summed E-state index contributed by atoms with van der Waals surface area (Å²) in [4.78, 5) is 28.9. The molecule has 174 valence electrons. The van der Waals surface area contributed by atoms with Gasteiger partial charge in [0.05, 0.1) is 18.2 Å². The van der Waals surface area contributed by atoms with Gasteiger partial charge >= 0.3 is 6.18 Å². The number of nitrogens with zero attached hydrogens (tertiary/aromatic N) is 3. The van der Waals surface area contributed by atoms with Gasteiger partial charge in [0.2, 0.25) is 5.91 Å². The van der Waals surface area contributed by atoms with Crippen molar-refractivity contribution in [3.63, 3.8) is 0 Å². The van der Waals surface area contributed by atoms with Gasteiger partial charge in [0.25, 0.3) is 5.91 Å². The lowest BCUT2D eigenvalue weighted by Crippen LogP contribution is -2.16. The van der Waals surface area contributed by atoms with Crippen LogP contribution in [0.4, 0.5) is 24.8 Å². The Hall–Kier alpha value is -4.15. The zero-order valence-electron chi connectivity index (χ0n) is 17.7. The summed E-state index contributed by atoms with van der Waals surface area (Å²) in [6.07, 6.45) is 0.921. The fourth-order valence-electron chi connectivity index (χ4n) is 3.61. The molecule has 34 heavy (non-hydrogen) atoms. The number of nitrogens with one attached hydrogen (secondary N) is 3. The highest BCUT2D eigenvalue weighted by Gasteiger charge is 2.31. The molecule has 2 aromatic heterocycles. The summed E-state index contributed by atoms with van der Waals surface area (Å²) in [5, 5.41) is 12.9. The van der Waals surface area contributed by atoms with E-state index in [2.05, 4.69) is 32.6 Å². The third kappa shape index (κ3) is 4.36. The first kappa shape index (κ1) is 21.7. The van der Waals surface area contributed by atoms with E-state index < -0.39 is 17.6 Å². The van der Waals surface area contributed by atoms with Crippen molar-refractivity contribution >= 4 is 35.2 Å². The second-order valence-electron chi connectivity index (χ2n) is 8.19. The molecule has 0 bridgehead atoms. The number of amides is 2. The molecular weight excluding hydrogens is 449 g/mol. The second-order valence-corrected chi connectivity index (χ2v) is 8.19. The number of hydrogen-bond donors (Lipinski definition) is 3. The number of rotatable bonds is 5. The minimum Gasteiger partial charge on any atom is -0.367 e. The minimum absolute atomic E-state index is 0.143. The third-order valence-corrected chi connectivity index (χ3v) is 5.48. The van der Waals surface area contributed by atoms with E-state index in [9.17, 15) is 22.8 Å². The maximum absolute atomic E-state index is 13.0. The molecular formula is C23H19F3N6O2. The zero-order chi connectivity index (χ0) is 24.0. The first-order chi connectivity index (χ1) is 16.2. The highest BCUT2D eigenvalue weighted by molar-refractivity contribution is 6.04. The molecule has 1 aromatic carbocycles. The molecule has 1 aliphatic heterocycles.